The molecule has 4 nitrogen and oxygen atoms in total. The predicted octanol–water partition coefficient (Wildman–Crippen LogP) is 3.69. The molecule has 118 valence electrons. The highest BCUT2D eigenvalue weighted by molar-refractivity contribution is 5.85. The first-order valence-electron chi connectivity index (χ1n) is 7.60. The first-order valence-corrected chi connectivity index (χ1v) is 7.60. The minimum atomic E-state index is -0.506. The number of hydrogen-bond acceptors (Lipinski definition) is 2. The van der Waals surface area contributed by atoms with Crippen molar-refractivity contribution < 1.29 is 13.9 Å². The number of halogens is 1. The first kappa shape index (κ1) is 14.9. The number of hydrogen-bond donors (Lipinski definition) is 2. The van der Waals surface area contributed by atoms with E-state index in [-0.39, 0.29) is 11.9 Å². The Morgan fingerprint density at radius 2 is 2.18 bits per heavy atom. The highest BCUT2D eigenvalue weighted by atomic mass is 19.1. The second kappa shape index (κ2) is 5.30. The van der Waals surface area contributed by atoms with Crippen molar-refractivity contribution in [3.63, 3.8) is 0 Å². The topological polar surface area (TPSA) is 54.1 Å². The van der Waals surface area contributed by atoms with Crippen LogP contribution < -0.4 is 5.32 Å². The lowest BCUT2D eigenvalue weighted by Crippen LogP contribution is -2.41. The van der Waals surface area contributed by atoms with Crippen LogP contribution in [0.5, 0.6) is 0 Å². The molecule has 0 spiro atoms. The molecule has 1 aromatic carbocycles. The Morgan fingerprint density at radius 1 is 1.41 bits per heavy atom. The van der Waals surface area contributed by atoms with E-state index in [1.165, 1.54) is 6.07 Å². The van der Waals surface area contributed by atoms with Gasteiger partial charge in [-0.15, -0.1) is 0 Å². The summed E-state index contributed by atoms with van der Waals surface area (Å²) in [6.45, 7) is 5.52. The summed E-state index contributed by atoms with van der Waals surface area (Å²) in [5, 5.41) is 3.82. The molecule has 3 rings (SSSR count). The number of ether oxygens (including phenoxy) is 1. The summed E-state index contributed by atoms with van der Waals surface area (Å²) < 4.78 is 18.8. The predicted molar refractivity (Wildman–Crippen MR) is 83.4 cm³/mol. The van der Waals surface area contributed by atoms with E-state index >= 15 is 0 Å². The van der Waals surface area contributed by atoms with E-state index in [1.54, 1.807) is 12.1 Å². The number of nitrogens with one attached hydrogen (secondary N) is 2. The summed E-state index contributed by atoms with van der Waals surface area (Å²) in [5.74, 6) is -0.239. The van der Waals surface area contributed by atoms with Crippen molar-refractivity contribution in [2.45, 2.75) is 51.7 Å². The van der Waals surface area contributed by atoms with Gasteiger partial charge in [0, 0.05) is 22.6 Å². The van der Waals surface area contributed by atoms with Crippen molar-refractivity contribution in [1.82, 2.24) is 10.3 Å². The van der Waals surface area contributed by atoms with Crippen molar-refractivity contribution in [1.29, 1.82) is 0 Å². The molecular weight excluding hydrogens is 283 g/mol. The fraction of sp³-hybridized carbons (Fsp3) is 0.471. The van der Waals surface area contributed by atoms with Crippen LogP contribution in [0.1, 0.15) is 38.4 Å². The monoisotopic (exact) mass is 304 g/mol. The zero-order chi connectivity index (χ0) is 15.9. The van der Waals surface area contributed by atoms with Crippen LogP contribution in [-0.4, -0.2) is 22.7 Å². The molecule has 2 N–H and O–H groups in total. The molecule has 1 amide bonds. The number of aromatic amines is 1. The maximum atomic E-state index is 13.5. The average Bonchev–Trinajstić information content (AvgIpc) is 2.74. The van der Waals surface area contributed by atoms with Crippen LogP contribution in [0, 0.1) is 5.82 Å². The van der Waals surface area contributed by atoms with Crippen LogP contribution in [0.4, 0.5) is 9.18 Å². The number of carbonyl (C=O) groups excluding carboxylic acids is 1. The highest BCUT2D eigenvalue weighted by Gasteiger charge is 2.25. The van der Waals surface area contributed by atoms with Gasteiger partial charge in [0.05, 0.1) is 0 Å². The van der Waals surface area contributed by atoms with Gasteiger partial charge in [0.1, 0.15) is 11.4 Å². The Balaban J connectivity index is 1.77. The molecule has 0 aliphatic heterocycles. The number of amides is 1. The largest absolute Gasteiger partial charge is 0.444 e. The molecule has 0 bridgehead atoms. The fourth-order valence-electron chi connectivity index (χ4n) is 2.99. The van der Waals surface area contributed by atoms with Crippen molar-refractivity contribution in [3.8, 4) is 0 Å². The SMILES string of the molecule is CC(C)(C)OC(=O)N[C@@H]1CCc2[nH]c3ccc(F)cc3c2C1. The molecule has 0 unspecified atom stereocenters. The molecule has 1 aromatic heterocycles. The normalized spacial score (nSPS) is 18.1. The Bertz CT molecular complexity index is 715. The lowest BCUT2D eigenvalue weighted by atomic mass is 9.91. The standard InChI is InChI=1S/C17H21FN2O2/c1-17(2,3)22-16(21)19-11-5-7-15-13(9-11)12-8-10(18)4-6-14(12)20-15/h4,6,8,11,20H,5,7,9H2,1-3H3,(H,19,21)/t11-/m1/s1. The van der Waals surface area contributed by atoms with Gasteiger partial charge in [0.2, 0.25) is 0 Å². The van der Waals surface area contributed by atoms with Crippen LogP contribution in [0.15, 0.2) is 18.2 Å². The van der Waals surface area contributed by atoms with Crippen LogP contribution in [0.2, 0.25) is 0 Å². The molecule has 1 atom stereocenters. The van der Waals surface area contributed by atoms with Gasteiger partial charge < -0.3 is 15.0 Å². The van der Waals surface area contributed by atoms with Gasteiger partial charge in [-0.05, 0) is 63.8 Å². The maximum absolute atomic E-state index is 13.5. The minimum Gasteiger partial charge on any atom is -0.444 e. The van der Waals surface area contributed by atoms with Gasteiger partial charge in [-0.2, -0.15) is 0 Å². The lowest BCUT2D eigenvalue weighted by Gasteiger charge is -2.26. The van der Waals surface area contributed by atoms with Crippen molar-refractivity contribution >= 4 is 17.0 Å². The Labute approximate surface area is 129 Å². The third-order valence-electron chi connectivity index (χ3n) is 3.87. The number of alkyl carbamates (subject to hydrolysis) is 1. The van der Waals surface area contributed by atoms with Crippen LogP contribution >= 0.6 is 0 Å². The molecule has 1 heterocycles. The van der Waals surface area contributed by atoms with E-state index < -0.39 is 11.7 Å². The number of carbonyl (C=O) groups is 1. The third-order valence-corrected chi connectivity index (χ3v) is 3.87. The summed E-state index contributed by atoms with van der Waals surface area (Å²) in [6.07, 6.45) is 1.98. The van der Waals surface area contributed by atoms with Gasteiger partial charge in [-0.1, -0.05) is 0 Å². The number of aromatic nitrogens is 1. The maximum Gasteiger partial charge on any atom is 0.407 e. The molecule has 2 aromatic rings. The lowest BCUT2D eigenvalue weighted by molar-refractivity contribution is 0.0500. The van der Waals surface area contributed by atoms with Crippen molar-refractivity contribution in [2.24, 2.45) is 0 Å². The third kappa shape index (κ3) is 3.08. The van der Waals surface area contributed by atoms with E-state index in [1.807, 2.05) is 20.8 Å². The smallest absolute Gasteiger partial charge is 0.407 e. The first-order chi connectivity index (χ1) is 10.3. The van der Waals surface area contributed by atoms with E-state index in [0.717, 1.165) is 35.0 Å². The average molecular weight is 304 g/mol. The molecule has 22 heavy (non-hydrogen) atoms. The van der Waals surface area contributed by atoms with Crippen LogP contribution in [-0.2, 0) is 17.6 Å². The van der Waals surface area contributed by atoms with Gasteiger partial charge in [0.15, 0.2) is 0 Å². The highest BCUT2D eigenvalue weighted by Crippen LogP contribution is 2.29. The Morgan fingerprint density at radius 3 is 2.91 bits per heavy atom. The number of fused-ring (bicyclic) bond motifs is 3. The van der Waals surface area contributed by atoms with Crippen LogP contribution in [0.25, 0.3) is 10.9 Å². The summed E-state index contributed by atoms with van der Waals surface area (Å²) in [7, 11) is 0. The van der Waals surface area contributed by atoms with E-state index in [0.29, 0.717) is 6.42 Å². The molecule has 1 aliphatic rings. The molecule has 0 saturated heterocycles. The molecule has 0 saturated carbocycles. The number of H-pyrrole nitrogens is 1. The van der Waals surface area contributed by atoms with E-state index in [2.05, 4.69) is 10.3 Å². The molecular formula is C17H21FN2O2. The summed E-state index contributed by atoms with van der Waals surface area (Å²) in [4.78, 5) is 15.2. The van der Waals surface area contributed by atoms with E-state index in [4.69, 9.17) is 4.74 Å². The van der Waals surface area contributed by atoms with Gasteiger partial charge in [0.25, 0.3) is 0 Å². The summed E-state index contributed by atoms with van der Waals surface area (Å²) in [5.41, 5.74) is 2.68. The molecule has 0 fully saturated rings. The van der Waals surface area contributed by atoms with Crippen LogP contribution in [0.3, 0.4) is 0 Å². The summed E-state index contributed by atoms with van der Waals surface area (Å²) >= 11 is 0. The Hall–Kier alpha value is -2.04. The van der Waals surface area contributed by atoms with Crippen molar-refractivity contribution in [2.75, 3.05) is 0 Å². The molecule has 0 radical (unpaired) electrons. The number of aryl methyl sites for hydroxylation is 1. The second-order valence-electron chi connectivity index (χ2n) is 6.86. The second-order valence-corrected chi connectivity index (χ2v) is 6.86. The van der Waals surface area contributed by atoms with Gasteiger partial charge >= 0.3 is 6.09 Å². The molecule has 1 aliphatic carbocycles. The fourth-order valence-corrected chi connectivity index (χ4v) is 2.99. The van der Waals surface area contributed by atoms with Crippen molar-refractivity contribution in [3.05, 3.63) is 35.3 Å². The molecule has 5 heteroatoms. The zero-order valence-corrected chi connectivity index (χ0v) is 13.1. The Kier molecular flexibility index (Phi) is 3.59. The van der Waals surface area contributed by atoms with E-state index in [9.17, 15) is 9.18 Å². The summed E-state index contributed by atoms with van der Waals surface area (Å²) in [6, 6.07) is 4.80. The number of benzene rings is 1. The quantitative estimate of drug-likeness (QED) is 0.844. The number of rotatable bonds is 1. The van der Waals surface area contributed by atoms with Gasteiger partial charge in [-0.3, -0.25) is 0 Å². The van der Waals surface area contributed by atoms with Gasteiger partial charge in [-0.25, -0.2) is 9.18 Å². The minimum absolute atomic E-state index is 0.0182. The zero-order valence-electron chi connectivity index (χ0n) is 13.1.